The first-order valence-corrected chi connectivity index (χ1v) is 6.15. The van der Waals surface area contributed by atoms with E-state index in [0.29, 0.717) is 18.9 Å². The third-order valence-corrected chi connectivity index (χ3v) is 3.06. The van der Waals surface area contributed by atoms with Crippen LogP contribution in [0.3, 0.4) is 0 Å². The molecular weight excluding hydrogens is 248 g/mol. The minimum Gasteiger partial charge on any atom is -0.490 e. The van der Waals surface area contributed by atoms with E-state index in [9.17, 15) is 0 Å². The van der Waals surface area contributed by atoms with E-state index in [1.807, 2.05) is 18.2 Å². The Morgan fingerprint density at radius 1 is 1.22 bits per heavy atom. The van der Waals surface area contributed by atoms with Crippen LogP contribution in [0.1, 0.15) is 12.1 Å². The maximum absolute atomic E-state index is 5.68. The van der Waals surface area contributed by atoms with Crippen molar-refractivity contribution in [3.8, 4) is 11.5 Å². The average Bonchev–Trinajstić information content (AvgIpc) is 2.59. The van der Waals surface area contributed by atoms with Crippen molar-refractivity contribution in [3.05, 3.63) is 30.1 Å². The summed E-state index contributed by atoms with van der Waals surface area (Å²) in [5.74, 6) is 1.49. The van der Waals surface area contributed by atoms with Gasteiger partial charge in [0, 0.05) is 18.0 Å². The lowest BCUT2D eigenvalue weighted by Crippen LogP contribution is -2.12. The number of hydrogen-bond donors (Lipinski definition) is 1. The molecule has 18 heavy (non-hydrogen) atoms. The molecule has 1 aliphatic heterocycles. The van der Waals surface area contributed by atoms with Crippen LogP contribution >= 0.6 is 12.2 Å². The summed E-state index contributed by atoms with van der Waals surface area (Å²) in [6.45, 7) is 1.33. The number of benzene rings is 1. The smallest absolute Gasteiger partial charge is 0.161 e. The number of fused-ring (bicyclic) bond motifs is 2. The van der Waals surface area contributed by atoms with Gasteiger partial charge >= 0.3 is 0 Å². The van der Waals surface area contributed by atoms with E-state index < -0.39 is 0 Å². The standard InChI is InChI=1S/C13H12N2O2S/c14-13(18)12-9-7-11-10(16-4-1-5-17-11)6-8(9)2-3-15-12/h2-3,6-7H,1,4-5H2,(H2,14,18). The third-order valence-electron chi connectivity index (χ3n) is 2.87. The summed E-state index contributed by atoms with van der Waals surface area (Å²) in [4.78, 5) is 4.50. The summed E-state index contributed by atoms with van der Waals surface area (Å²) in [5.41, 5.74) is 6.31. The second-order valence-electron chi connectivity index (χ2n) is 4.09. The Bertz CT molecular complexity index is 628. The Kier molecular flexibility index (Phi) is 2.76. The molecule has 1 aromatic carbocycles. The number of nitrogens with zero attached hydrogens (tertiary/aromatic N) is 1. The topological polar surface area (TPSA) is 57.4 Å². The summed E-state index contributed by atoms with van der Waals surface area (Å²) >= 11 is 5.01. The zero-order valence-corrected chi connectivity index (χ0v) is 10.5. The summed E-state index contributed by atoms with van der Waals surface area (Å²) in [6, 6.07) is 5.75. The predicted molar refractivity (Wildman–Crippen MR) is 73.2 cm³/mol. The Morgan fingerprint density at radius 3 is 2.67 bits per heavy atom. The molecule has 0 saturated carbocycles. The van der Waals surface area contributed by atoms with E-state index in [2.05, 4.69) is 4.98 Å². The first-order valence-electron chi connectivity index (χ1n) is 5.74. The number of pyridine rings is 1. The fourth-order valence-corrected chi connectivity index (χ4v) is 2.19. The molecule has 0 fully saturated rings. The number of hydrogen-bond acceptors (Lipinski definition) is 4. The van der Waals surface area contributed by atoms with Crippen molar-refractivity contribution in [2.75, 3.05) is 13.2 Å². The van der Waals surface area contributed by atoms with Crippen LogP contribution in [-0.2, 0) is 0 Å². The van der Waals surface area contributed by atoms with E-state index >= 15 is 0 Å². The SMILES string of the molecule is NC(=S)c1nccc2cc3c(cc12)OCCCO3. The summed E-state index contributed by atoms with van der Waals surface area (Å²) in [7, 11) is 0. The van der Waals surface area contributed by atoms with Gasteiger partial charge in [0.05, 0.1) is 13.2 Å². The first-order chi connectivity index (χ1) is 8.75. The molecular formula is C13H12N2O2S. The van der Waals surface area contributed by atoms with Gasteiger partial charge in [0.1, 0.15) is 10.7 Å². The molecule has 0 spiro atoms. The van der Waals surface area contributed by atoms with Crippen molar-refractivity contribution in [2.24, 2.45) is 5.73 Å². The van der Waals surface area contributed by atoms with Crippen molar-refractivity contribution in [2.45, 2.75) is 6.42 Å². The Hall–Kier alpha value is -1.88. The van der Waals surface area contributed by atoms with Crippen LogP contribution in [0.5, 0.6) is 11.5 Å². The maximum atomic E-state index is 5.68. The molecule has 0 bridgehead atoms. The summed E-state index contributed by atoms with van der Waals surface area (Å²) < 4.78 is 11.3. The fourth-order valence-electron chi connectivity index (χ4n) is 2.03. The number of aromatic nitrogens is 1. The molecule has 2 heterocycles. The predicted octanol–water partition coefficient (Wildman–Crippen LogP) is 2.03. The number of ether oxygens (including phenoxy) is 2. The van der Waals surface area contributed by atoms with E-state index in [-0.39, 0.29) is 4.99 Å². The molecule has 0 radical (unpaired) electrons. The first kappa shape index (κ1) is 11.2. The molecule has 3 rings (SSSR count). The van der Waals surface area contributed by atoms with E-state index in [1.165, 1.54) is 0 Å². The molecule has 2 N–H and O–H groups in total. The maximum Gasteiger partial charge on any atom is 0.161 e. The molecule has 4 nitrogen and oxygen atoms in total. The minimum atomic E-state index is 0.287. The highest BCUT2D eigenvalue weighted by Gasteiger charge is 2.14. The molecule has 0 atom stereocenters. The van der Waals surface area contributed by atoms with Crippen LogP contribution in [0, 0.1) is 0 Å². The zero-order valence-electron chi connectivity index (χ0n) is 9.68. The second kappa shape index (κ2) is 4.42. The summed E-state index contributed by atoms with van der Waals surface area (Å²) in [5, 5.41) is 1.89. The van der Waals surface area contributed by atoms with E-state index in [0.717, 1.165) is 28.7 Å². The zero-order chi connectivity index (χ0) is 12.5. The van der Waals surface area contributed by atoms with Crippen molar-refractivity contribution in [1.82, 2.24) is 4.98 Å². The highest BCUT2D eigenvalue weighted by Crippen LogP contribution is 2.34. The molecule has 0 unspecified atom stereocenters. The third kappa shape index (κ3) is 1.86. The molecule has 0 amide bonds. The minimum absolute atomic E-state index is 0.287. The lowest BCUT2D eigenvalue weighted by molar-refractivity contribution is 0.297. The van der Waals surface area contributed by atoms with Crippen LogP contribution in [0.25, 0.3) is 10.8 Å². The van der Waals surface area contributed by atoms with Crippen molar-refractivity contribution >= 4 is 28.0 Å². The van der Waals surface area contributed by atoms with E-state index in [1.54, 1.807) is 6.20 Å². The monoisotopic (exact) mass is 260 g/mol. The molecule has 1 aromatic heterocycles. The molecule has 92 valence electrons. The van der Waals surface area contributed by atoms with Gasteiger partial charge < -0.3 is 15.2 Å². The lowest BCUT2D eigenvalue weighted by Gasteiger charge is -2.10. The lowest BCUT2D eigenvalue weighted by atomic mass is 10.1. The van der Waals surface area contributed by atoms with Crippen molar-refractivity contribution in [1.29, 1.82) is 0 Å². The van der Waals surface area contributed by atoms with Crippen LogP contribution in [-0.4, -0.2) is 23.2 Å². The van der Waals surface area contributed by atoms with Crippen LogP contribution < -0.4 is 15.2 Å². The molecule has 0 aliphatic carbocycles. The number of nitrogens with two attached hydrogens (primary N) is 1. The van der Waals surface area contributed by atoms with Gasteiger partial charge in [-0.25, -0.2) is 0 Å². The Morgan fingerprint density at radius 2 is 1.94 bits per heavy atom. The quantitative estimate of drug-likeness (QED) is 0.795. The van der Waals surface area contributed by atoms with Crippen LogP contribution in [0.4, 0.5) is 0 Å². The van der Waals surface area contributed by atoms with E-state index in [4.69, 9.17) is 27.4 Å². The van der Waals surface area contributed by atoms with Gasteiger partial charge in [-0.15, -0.1) is 0 Å². The molecule has 1 aliphatic rings. The van der Waals surface area contributed by atoms with Gasteiger partial charge in [-0.1, -0.05) is 12.2 Å². The normalized spacial score (nSPS) is 14.2. The largest absolute Gasteiger partial charge is 0.490 e. The number of thiocarbonyl (C=S) groups is 1. The Labute approximate surface area is 110 Å². The van der Waals surface area contributed by atoms with Crippen molar-refractivity contribution in [3.63, 3.8) is 0 Å². The van der Waals surface area contributed by atoms with Gasteiger partial charge in [0.25, 0.3) is 0 Å². The van der Waals surface area contributed by atoms with Crippen LogP contribution in [0.2, 0.25) is 0 Å². The van der Waals surface area contributed by atoms with Crippen molar-refractivity contribution < 1.29 is 9.47 Å². The Balaban J connectivity index is 2.25. The average molecular weight is 260 g/mol. The fraction of sp³-hybridized carbons (Fsp3) is 0.231. The van der Waals surface area contributed by atoms with Gasteiger partial charge in [-0.05, 0) is 23.6 Å². The van der Waals surface area contributed by atoms with Gasteiger partial charge in [0.2, 0.25) is 0 Å². The number of rotatable bonds is 1. The molecule has 2 aromatic rings. The van der Waals surface area contributed by atoms with Crippen LogP contribution in [0.15, 0.2) is 24.4 Å². The second-order valence-corrected chi connectivity index (χ2v) is 4.53. The van der Waals surface area contributed by atoms with Gasteiger partial charge in [-0.2, -0.15) is 0 Å². The van der Waals surface area contributed by atoms with Gasteiger partial charge in [-0.3, -0.25) is 4.98 Å². The molecule has 5 heteroatoms. The highest BCUT2D eigenvalue weighted by molar-refractivity contribution is 7.80. The summed E-state index contributed by atoms with van der Waals surface area (Å²) in [6.07, 6.45) is 2.58. The highest BCUT2D eigenvalue weighted by atomic mass is 32.1. The van der Waals surface area contributed by atoms with Gasteiger partial charge in [0.15, 0.2) is 11.5 Å². The molecule has 0 saturated heterocycles.